The molecule has 1 saturated heterocycles. The Labute approximate surface area is 123 Å². The Hall–Kier alpha value is -1.99. The van der Waals surface area contributed by atoms with Crippen LogP contribution in [0.4, 0.5) is 5.69 Å². The van der Waals surface area contributed by atoms with Crippen LogP contribution in [0.15, 0.2) is 18.5 Å². The Morgan fingerprint density at radius 3 is 3.24 bits per heavy atom. The number of anilines is 1. The van der Waals surface area contributed by atoms with Crippen molar-refractivity contribution in [2.24, 2.45) is 0 Å². The van der Waals surface area contributed by atoms with E-state index in [-0.39, 0.29) is 6.04 Å². The van der Waals surface area contributed by atoms with Gasteiger partial charge in [0.05, 0.1) is 25.8 Å². The van der Waals surface area contributed by atoms with Crippen LogP contribution in [-0.4, -0.2) is 51.9 Å². The van der Waals surface area contributed by atoms with E-state index in [4.69, 9.17) is 4.74 Å². The zero-order valence-corrected chi connectivity index (χ0v) is 12.3. The topological polar surface area (TPSA) is 79.0 Å². The number of hydrogen-bond donors (Lipinski definition) is 2. The second kappa shape index (κ2) is 6.19. The minimum Gasteiger partial charge on any atom is -0.378 e. The summed E-state index contributed by atoms with van der Waals surface area (Å²) in [5.74, 6) is 1.61. The van der Waals surface area contributed by atoms with Gasteiger partial charge < -0.3 is 10.1 Å². The molecule has 3 rings (SSSR count). The lowest BCUT2D eigenvalue weighted by Crippen LogP contribution is -2.37. The second-order valence-corrected chi connectivity index (χ2v) is 5.26. The summed E-state index contributed by atoms with van der Waals surface area (Å²) in [5, 5.41) is 10.6. The lowest BCUT2D eigenvalue weighted by molar-refractivity contribution is 0.00194. The van der Waals surface area contributed by atoms with E-state index < -0.39 is 0 Å². The Bertz CT molecular complexity index is 599. The molecule has 7 nitrogen and oxygen atoms in total. The number of pyridine rings is 1. The van der Waals surface area contributed by atoms with Crippen molar-refractivity contribution < 1.29 is 4.74 Å². The summed E-state index contributed by atoms with van der Waals surface area (Å²) in [7, 11) is 2.07. The first kappa shape index (κ1) is 14.0. The predicted molar refractivity (Wildman–Crippen MR) is 78.9 cm³/mol. The third-order valence-electron chi connectivity index (χ3n) is 3.71. The van der Waals surface area contributed by atoms with E-state index >= 15 is 0 Å². The fraction of sp³-hybridized carbons (Fsp3) is 0.500. The lowest BCUT2D eigenvalue weighted by Gasteiger charge is -2.30. The van der Waals surface area contributed by atoms with E-state index in [1.54, 1.807) is 6.20 Å². The van der Waals surface area contributed by atoms with Gasteiger partial charge in [-0.05, 0) is 25.6 Å². The highest BCUT2D eigenvalue weighted by Crippen LogP contribution is 2.19. The Morgan fingerprint density at radius 2 is 2.43 bits per heavy atom. The predicted octanol–water partition coefficient (Wildman–Crippen LogP) is 1.12. The summed E-state index contributed by atoms with van der Waals surface area (Å²) >= 11 is 0. The summed E-state index contributed by atoms with van der Waals surface area (Å²) < 4.78 is 5.50. The molecule has 3 heterocycles. The van der Waals surface area contributed by atoms with Gasteiger partial charge >= 0.3 is 0 Å². The average Bonchev–Trinajstić information content (AvgIpc) is 2.96. The van der Waals surface area contributed by atoms with Crippen LogP contribution in [0.25, 0.3) is 0 Å². The molecule has 2 N–H and O–H groups in total. The van der Waals surface area contributed by atoms with E-state index in [9.17, 15) is 0 Å². The van der Waals surface area contributed by atoms with E-state index in [0.717, 1.165) is 36.1 Å². The molecule has 1 fully saturated rings. The zero-order valence-electron chi connectivity index (χ0n) is 12.3. The van der Waals surface area contributed by atoms with Crippen molar-refractivity contribution in [1.82, 2.24) is 25.1 Å². The number of aromatic amines is 1. The number of H-pyrrole nitrogens is 1. The highest BCUT2D eigenvalue weighted by molar-refractivity contribution is 5.48. The van der Waals surface area contributed by atoms with Crippen molar-refractivity contribution in [2.45, 2.75) is 19.5 Å². The third kappa shape index (κ3) is 3.20. The SMILES string of the molecule is Cc1cnccc1NCc1nc(C2COCCN2C)n[nH]1. The first-order chi connectivity index (χ1) is 10.2. The molecule has 1 unspecified atom stereocenters. The molecule has 0 spiro atoms. The number of likely N-dealkylation sites (N-methyl/N-ethyl adjacent to an activating group) is 1. The monoisotopic (exact) mass is 288 g/mol. The minimum atomic E-state index is 0.131. The first-order valence-electron chi connectivity index (χ1n) is 7.07. The summed E-state index contributed by atoms with van der Waals surface area (Å²) in [6.45, 7) is 4.95. The van der Waals surface area contributed by atoms with Crippen molar-refractivity contribution in [2.75, 3.05) is 32.1 Å². The van der Waals surface area contributed by atoms with E-state index in [1.165, 1.54) is 0 Å². The highest BCUT2D eigenvalue weighted by atomic mass is 16.5. The quantitative estimate of drug-likeness (QED) is 0.878. The summed E-state index contributed by atoms with van der Waals surface area (Å²) in [6, 6.07) is 2.08. The lowest BCUT2D eigenvalue weighted by atomic mass is 10.2. The smallest absolute Gasteiger partial charge is 0.170 e. The number of morpholine rings is 1. The molecule has 0 saturated carbocycles. The first-order valence-corrected chi connectivity index (χ1v) is 7.07. The molecule has 7 heteroatoms. The molecule has 0 aliphatic carbocycles. The number of hydrogen-bond acceptors (Lipinski definition) is 6. The van der Waals surface area contributed by atoms with Gasteiger partial charge in [0.25, 0.3) is 0 Å². The van der Waals surface area contributed by atoms with E-state index in [0.29, 0.717) is 13.2 Å². The van der Waals surface area contributed by atoms with Gasteiger partial charge in [-0.3, -0.25) is 15.0 Å². The molecule has 0 amide bonds. The molecule has 1 aliphatic heterocycles. The van der Waals surface area contributed by atoms with Gasteiger partial charge in [0.2, 0.25) is 0 Å². The molecule has 1 aliphatic rings. The Morgan fingerprint density at radius 1 is 1.52 bits per heavy atom. The van der Waals surface area contributed by atoms with Crippen LogP contribution in [-0.2, 0) is 11.3 Å². The van der Waals surface area contributed by atoms with Crippen LogP contribution in [0.1, 0.15) is 23.3 Å². The summed E-state index contributed by atoms with van der Waals surface area (Å²) in [6.07, 6.45) is 3.61. The fourth-order valence-electron chi connectivity index (χ4n) is 2.35. The van der Waals surface area contributed by atoms with Gasteiger partial charge in [0.1, 0.15) is 5.82 Å². The number of rotatable bonds is 4. The van der Waals surface area contributed by atoms with Gasteiger partial charge in [0, 0.05) is 24.6 Å². The molecule has 112 valence electrons. The molecule has 1 atom stereocenters. The van der Waals surface area contributed by atoms with Crippen LogP contribution >= 0.6 is 0 Å². The van der Waals surface area contributed by atoms with Crippen molar-refractivity contribution in [3.05, 3.63) is 35.7 Å². The maximum Gasteiger partial charge on any atom is 0.170 e. The second-order valence-electron chi connectivity index (χ2n) is 5.26. The largest absolute Gasteiger partial charge is 0.378 e. The number of ether oxygens (including phenoxy) is 1. The Kier molecular flexibility index (Phi) is 4.12. The standard InChI is InChI=1S/C14H20N6O/c1-10-7-15-4-3-11(10)16-8-13-17-14(19-18-13)12-9-21-6-5-20(12)2/h3-4,7,12H,5-6,8-9H2,1-2H3,(H,15,16)(H,17,18,19). The normalized spacial score (nSPS) is 19.6. The van der Waals surface area contributed by atoms with Gasteiger partial charge in [0.15, 0.2) is 5.82 Å². The molecular weight excluding hydrogens is 268 g/mol. The van der Waals surface area contributed by atoms with Gasteiger partial charge in [-0.25, -0.2) is 4.98 Å². The molecular formula is C14H20N6O. The van der Waals surface area contributed by atoms with Crippen LogP contribution in [0, 0.1) is 6.92 Å². The van der Waals surface area contributed by atoms with Crippen LogP contribution in [0.5, 0.6) is 0 Å². The average molecular weight is 288 g/mol. The van der Waals surface area contributed by atoms with Crippen molar-refractivity contribution in [3.63, 3.8) is 0 Å². The van der Waals surface area contributed by atoms with Gasteiger partial charge in [-0.1, -0.05) is 0 Å². The van der Waals surface area contributed by atoms with Gasteiger partial charge in [-0.15, -0.1) is 0 Å². The van der Waals surface area contributed by atoms with Crippen LogP contribution in [0.3, 0.4) is 0 Å². The highest BCUT2D eigenvalue weighted by Gasteiger charge is 2.24. The maximum atomic E-state index is 5.50. The maximum absolute atomic E-state index is 5.50. The number of nitrogens with one attached hydrogen (secondary N) is 2. The van der Waals surface area contributed by atoms with Crippen molar-refractivity contribution in [3.8, 4) is 0 Å². The Balaban J connectivity index is 1.64. The molecule has 0 aromatic carbocycles. The number of nitrogens with zero attached hydrogens (tertiary/aromatic N) is 4. The van der Waals surface area contributed by atoms with Gasteiger partial charge in [-0.2, -0.15) is 5.10 Å². The molecule has 2 aromatic rings. The number of aryl methyl sites for hydroxylation is 1. The van der Waals surface area contributed by atoms with Crippen LogP contribution in [0.2, 0.25) is 0 Å². The molecule has 0 radical (unpaired) electrons. The summed E-state index contributed by atoms with van der Waals surface area (Å²) in [5.41, 5.74) is 2.17. The fourth-order valence-corrected chi connectivity index (χ4v) is 2.35. The molecule has 21 heavy (non-hydrogen) atoms. The molecule has 2 aromatic heterocycles. The van der Waals surface area contributed by atoms with Crippen molar-refractivity contribution >= 4 is 5.69 Å². The van der Waals surface area contributed by atoms with Crippen molar-refractivity contribution in [1.29, 1.82) is 0 Å². The molecule has 0 bridgehead atoms. The number of aromatic nitrogens is 4. The van der Waals surface area contributed by atoms with E-state index in [1.807, 2.05) is 19.2 Å². The third-order valence-corrected chi connectivity index (χ3v) is 3.71. The zero-order chi connectivity index (χ0) is 14.7. The summed E-state index contributed by atoms with van der Waals surface area (Å²) in [4.78, 5) is 10.9. The minimum absolute atomic E-state index is 0.131. The van der Waals surface area contributed by atoms with Crippen LogP contribution < -0.4 is 5.32 Å². The van der Waals surface area contributed by atoms with E-state index in [2.05, 4.69) is 37.4 Å².